The van der Waals surface area contributed by atoms with Gasteiger partial charge in [-0.15, -0.1) is 3.77 Å². The van der Waals surface area contributed by atoms with Gasteiger partial charge in [0.2, 0.25) is 0 Å². The topological polar surface area (TPSA) is 70.0 Å². The summed E-state index contributed by atoms with van der Waals surface area (Å²) >= 11 is 0. The van der Waals surface area contributed by atoms with Gasteiger partial charge in [-0.3, -0.25) is 4.90 Å². The minimum atomic E-state index is -3.51. The van der Waals surface area contributed by atoms with Crippen molar-refractivity contribution in [3.8, 4) is 0 Å². The molecule has 0 spiro atoms. The van der Waals surface area contributed by atoms with Crippen molar-refractivity contribution in [2.75, 3.05) is 51.0 Å². The van der Waals surface area contributed by atoms with E-state index < -0.39 is 19.8 Å². The first-order chi connectivity index (χ1) is 8.77. The molecule has 0 aromatic heterocycles. The molecule has 0 radical (unpaired) electrons. The fourth-order valence-electron chi connectivity index (χ4n) is 2.77. The molecule has 1 atom stereocenters. The number of rotatable bonds is 3. The molecule has 0 aromatic carbocycles. The Morgan fingerprint density at radius 3 is 2.37 bits per heavy atom. The van der Waals surface area contributed by atoms with Gasteiger partial charge in [-0.25, -0.2) is 12.6 Å². The summed E-state index contributed by atoms with van der Waals surface area (Å²) in [6, 6.07) is 0.584. The van der Waals surface area contributed by atoms with Gasteiger partial charge < -0.3 is 4.90 Å². The Balaban J connectivity index is 1.92. The summed E-state index contributed by atoms with van der Waals surface area (Å²) in [5.74, 6) is 0.743. The molecular weight excluding hydrogens is 286 g/mol. The first-order valence-electron chi connectivity index (χ1n) is 6.64. The molecular formula is C11H23N3O3S2. The van der Waals surface area contributed by atoms with E-state index in [9.17, 15) is 12.6 Å². The SMILES string of the molecule is CN1CCC[C@@H]1CN1CCS(=O)(=NS(C)(=O)=O)CC1. The molecule has 0 amide bonds. The van der Waals surface area contributed by atoms with Crippen molar-refractivity contribution < 1.29 is 12.6 Å². The van der Waals surface area contributed by atoms with E-state index in [1.165, 1.54) is 12.8 Å². The average molecular weight is 309 g/mol. The molecule has 0 aromatic rings. The predicted octanol–water partition coefficient (Wildman–Crippen LogP) is -0.176. The van der Waals surface area contributed by atoms with Gasteiger partial charge in [-0.05, 0) is 26.4 Å². The Morgan fingerprint density at radius 2 is 1.89 bits per heavy atom. The van der Waals surface area contributed by atoms with Crippen LogP contribution in [0, 0.1) is 0 Å². The second-order valence-electron chi connectivity index (χ2n) is 5.57. The van der Waals surface area contributed by atoms with Crippen LogP contribution in [0.1, 0.15) is 12.8 Å². The van der Waals surface area contributed by atoms with Crippen LogP contribution in [0.4, 0.5) is 0 Å². The van der Waals surface area contributed by atoms with Crippen molar-refractivity contribution in [2.24, 2.45) is 3.77 Å². The summed E-state index contributed by atoms with van der Waals surface area (Å²) in [6.45, 7) is 3.51. The largest absolute Gasteiger partial charge is 0.302 e. The van der Waals surface area contributed by atoms with E-state index in [0.717, 1.165) is 19.3 Å². The van der Waals surface area contributed by atoms with Gasteiger partial charge in [0.05, 0.1) is 16.0 Å². The zero-order valence-electron chi connectivity index (χ0n) is 11.6. The number of hydrogen-bond donors (Lipinski definition) is 0. The highest BCUT2D eigenvalue weighted by molar-refractivity contribution is 8.03. The Hall–Kier alpha value is -0.180. The lowest BCUT2D eigenvalue weighted by Gasteiger charge is -2.32. The summed E-state index contributed by atoms with van der Waals surface area (Å²) in [4.78, 5) is 4.65. The van der Waals surface area contributed by atoms with Crippen LogP contribution in [0.25, 0.3) is 0 Å². The monoisotopic (exact) mass is 309 g/mol. The second-order valence-corrected chi connectivity index (χ2v) is 9.99. The smallest absolute Gasteiger partial charge is 0.257 e. The van der Waals surface area contributed by atoms with E-state index in [-0.39, 0.29) is 0 Å². The molecule has 2 rings (SSSR count). The first kappa shape index (κ1) is 15.2. The molecule has 2 fully saturated rings. The molecule has 2 aliphatic rings. The molecule has 19 heavy (non-hydrogen) atoms. The third kappa shape index (κ3) is 4.40. The van der Waals surface area contributed by atoms with E-state index in [0.29, 0.717) is 30.6 Å². The van der Waals surface area contributed by atoms with E-state index in [1.807, 2.05) is 0 Å². The van der Waals surface area contributed by atoms with Crippen molar-refractivity contribution in [3.05, 3.63) is 0 Å². The second kappa shape index (κ2) is 5.67. The minimum absolute atomic E-state index is 0.372. The first-order valence-corrected chi connectivity index (χ1v) is 10.3. The van der Waals surface area contributed by atoms with Gasteiger partial charge in [0.1, 0.15) is 0 Å². The lowest BCUT2D eigenvalue weighted by Crippen LogP contribution is -2.46. The van der Waals surface area contributed by atoms with Crippen molar-refractivity contribution in [1.29, 1.82) is 0 Å². The Kier molecular flexibility index (Phi) is 4.54. The maximum Gasteiger partial charge on any atom is 0.257 e. The fourth-order valence-corrected chi connectivity index (χ4v) is 6.63. The average Bonchev–Trinajstić information content (AvgIpc) is 2.65. The molecule has 0 aliphatic carbocycles. The van der Waals surface area contributed by atoms with Gasteiger partial charge in [-0.1, -0.05) is 0 Å². The zero-order chi connectivity index (χ0) is 14.1. The predicted molar refractivity (Wildman–Crippen MR) is 77.2 cm³/mol. The van der Waals surface area contributed by atoms with Crippen molar-refractivity contribution in [3.63, 3.8) is 0 Å². The summed E-state index contributed by atoms with van der Waals surface area (Å²) in [7, 11) is -3.91. The van der Waals surface area contributed by atoms with Crippen LogP contribution >= 0.6 is 0 Å². The summed E-state index contributed by atoms with van der Waals surface area (Å²) in [6.07, 6.45) is 3.48. The number of hydrogen-bond acceptors (Lipinski definition) is 5. The quantitative estimate of drug-likeness (QED) is 0.723. The maximum absolute atomic E-state index is 12.3. The van der Waals surface area contributed by atoms with E-state index in [4.69, 9.17) is 0 Å². The Labute approximate surface area is 116 Å². The Bertz CT molecular complexity index is 523. The van der Waals surface area contributed by atoms with Crippen LogP contribution in [0.2, 0.25) is 0 Å². The van der Waals surface area contributed by atoms with E-state index in [2.05, 4.69) is 20.6 Å². The Morgan fingerprint density at radius 1 is 1.26 bits per heavy atom. The van der Waals surface area contributed by atoms with Crippen molar-refractivity contribution >= 4 is 19.8 Å². The lowest BCUT2D eigenvalue weighted by molar-refractivity contribution is 0.204. The molecule has 0 bridgehead atoms. The zero-order valence-corrected chi connectivity index (χ0v) is 13.3. The van der Waals surface area contributed by atoms with Crippen molar-refractivity contribution in [1.82, 2.24) is 9.80 Å². The molecule has 0 N–H and O–H groups in total. The standard InChI is InChI=1S/C11H23N3O3S2/c1-13-5-3-4-11(13)10-14-6-8-19(17,9-7-14)12-18(2,15)16/h11H,3-10H2,1-2H3/t11-/m1/s1. The number of likely N-dealkylation sites (tertiary alicyclic amines) is 1. The van der Waals surface area contributed by atoms with Crippen LogP contribution in [-0.4, -0.2) is 79.5 Å². The van der Waals surface area contributed by atoms with E-state index in [1.54, 1.807) is 0 Å². The van der Waals surface area contributed by atoms with Crippen LogP contribution in [0.3, 0.4) is 0 Å². The molecule has 8 heteroatoms. The van der Waals surface area contributed by atoms with Gasteiger partial charge in [0.25, 0.3) is 10.0 Å². The van der Waals surface area contributed by atoms with Gasteiger partial charge >= 0.3 is 0 Å². The van der Waals surface area contributed by atoms with Crippen LogP contribution < -0.4 is 0 Å². The highest BCUT2D eigenvalue weighted by Gasteiger charge is 2.27. The number of sulfonamides is 1. The highest BCUT2D eigenvalue weighted by atomic mass is 32.3. The van der Waals surface area contributed by atoms with E-state index >= 15 is 0 Å². The van der Waals surface area contributed by atoms with Gasteiger partial charge in [-0.2, -0.15) is 0 Å². The highest BCUT2D eigenvalue weighted by Crippen LogP contribution is 2.17. The summed E-state index contributed by atoms with van der Waals surface area (Å²) in [5.41, 5.74) is 0. The summed E-state index contributed by atoms with van der Waals surface area (Å²) in [5, 5.41) is 0. The molecule has 112 valence electrons. The third-order valence-corrected chi connectivity index (χ3v) is 7.68. The maximum atomic E-state index is 12.3. The molecule has 2 heterocycles. The molecule has 0 unspecified atom stereocenters. The van der Waals surface area contributed by atoms with Crippen LogP contribution in [-0.2, 0) is 19.8 Å². The van der Waals surface area contributed by atoms with Crippen LogP contribution in [0.15, 0.2) is 3.77 Å². The molecule has 2 saturated heterocycles. The molecule has 2 aliphatic heterocycles. The minimum Gasteiger partial charge on any atom is -0.302 e. The summed E-state index contributed by atoms with van der Waals surface area (Å²) < 4.78 is 38.1. The van der Waals surface area contributed by atoms with Gasteiger partial charge in [0.15, 0.2) is 0 Å². The molecule has 0 saturated carbocycles. The number of nitrogens with zero attached hydrogens (tertiary/aromatic N) is 3. The molecule has 6 nitrogen and oxygen atoms in total. The van der Waals surface area contributed by atoms with Gasteiger partial charge in [0, 0.05) is 37.2 Å². The third-order valence-electron chi connectivity index (χ3n) is 3.86. The van der Waals surface area contributed by atoms with Crippen LogP contribution in [0.5, 0.6) is 0 Å². The normalized spacial score (nSPS) is 29.5. The fraction of sp³-hybridized carbons (Fsp3) is 1.00. The lowest BCUT2D eigenvalue weighted by atomic mass is 10.2. The van der Waals surface area contributed by atoms with Crippen molar-refractivity contribution in [2.45, 2.75) is 18.9 Å². The number of likely N-dealkylation sites (N-methyl/N-ethyl adjacent to an activating group) is 1.